The van der Waals surface area contributed by atoms with Gasteiger partial charge in [0.1, 0.15) is 0 Å². The van der Waals surface area contributed by atoms with Crippen molar-refractivity contribution in [1.82, 2.24) is 20.0 Å². The highest BCUT2D eigenvalue weighted by Crippen LogP contribution is 2.33. The van der Waals surface area contributed by atoms with Crippen LogP contribution in [-0.2, 0) is 9.53 Å². The molecule has 4 aliphatic rings. The minimum atomic E-state index is -0.250. The summed E-state index contributed by atoms with van der Waals surface area (Å²) in [6.07, 6.45) is 4.51. The van der Waals surface area contributed by atoms with Crippen molar-refractivity contribution in [2.24, 2.45) is 5.92 Å². The predicted molar refractivity (Wildman–Crippen MR) is 113 cm³/mol. The van der Waals surface area contributed by atoms with E-state index in [-0.39, 0.29) is 12.4 Å². The van der Waals surface area contributed by atoms with Gasteiger partial charge in [0.25, 0.3) is 12.4 Å². The number of likely N-dealkylation sites (N-methyl/N-ethyl adjacent to an activating group) is 1. The maximum atomic E-state index is 13.3. The molecule has 0 unspecified atom stereocenters. The van der Waals surface area contributed by atoms with Gasteiger partial charge in [-0.05, 0) is 68.3 Å². The minimum absolute atomic E-state index is 0.0455. The topological polar surface area (TPSA) is 98.8 Å². The monoisotopic (exact) mass is 414 g/mol. The number of aromatic amines is 1. The summed E-state index contributed by atoms with van der Waals surface area (Å²) in [5, 5.41) is 15.3. The summed E-state index contributed by atoms with van der Waals surface area (Å²) in [4.78, 5) is 26.1. The molecule has 4 saturated heterocycles. The van der Waals surface area contributed by atoms with Crippen molar-refractivity contribution in [3.05, 3.63) is 29.5 Å². The van der Waals surface area contributed by atoms with E-state index in [9.17, 15) is 4.79 Å². The van der Waals surface area contributed by atoms with E-state index in [1.54, 1.807) is 0 Å². The van der Waals surface area contributed by atoms with E-state index >= 15 is 0 Å². The predicted octanol–water partition coefficient (Wildman–Crippen LogP) is 2.32. The minimum Gasteiger partial charge on any atom is -0.483 e. The van der Waals surface area contributed by atoms with Crippen LogP contribution >= 0.6 is 0 Å². The molecule has 4 fully saturated rings. The number of hydrogen-bond donors (Lipinski definition) is 2. The maximum absolute atomic E-state index is 13.3. The van der Waals surface area contributed by atoms with Crippen molar-refractivity contribution < 1.29 is 19.4 Å². The number of carbonyl (C=O) groups excluding carboxylic acids is 1. The fourth-order valence-corrected chi connectivity index (χ4v) is 5.17. The molecular formula is C22H30N4O4. The third-order valence-corrected chi connectivity index (χ3v) is 6.92. The summed E-state index contributed by atoms with van der Waals surface area (Å²) in [6, 6.07) is 6.72. The van der Waals surface area contributed by atoms with Gasteiger partial charge in [-0.15, -0.1) is 0 Å². The largest absolute Gasteiger partial charge is 0.483 e. The van der Waals surface area contributed by atoms with Crippen LogP contribution in [0, 0.1) is 5.92 Å². The number of amides is 1. The molecule has 1 atom stereocenters. The Kier molecular flexibility index (Phi) is 6.34. The second-order valence-corrected chi connectivity index (χ2v) is 8.49. The number of ether oxygens (including phenoxy) is 1. The van der Waals surface area contributed by atoms with Crippen molar-refractivity contribution in [3.63, 3.8) is 0 Å². The number of H-pyrrole nitrogens is 1. The molecule has 2 aromatic rings. The quantitative estimate of drug-likeness (QED) is 0.748. The van der Waals surface area contributed by atoms with E-state index in [4.69, 9.17) is 14.6 Å². The Morgan fingerprint density at radius 2 is 1.97 bits per heavy atom. The Hall–Kier alpha value is -2.45. The van der Waals surface area contributed by atoms with Crippen LogP contribution in [0.2, 0.25) is 0 Å². The lowest BCUT2D eigenvalue weighted by Crippen LogP contribution is -2.57. The van der Waals surface area contributed by atoms with E-state index in [2.05, 4.69) is 33.3 Å². The molecule has 2 N–H and O–H groups in total. The molecule has 0 radical (unpaired) electrons. The lowest BCUT2D eigenvalue weighted by Gasteiger charge is -2.47. The highest BCUT2D eigenvalue weighted by molar-refractivity contribution is 6.04. The number of benzene rings is 1. The lowest BCUT2D eigenvalue weighted by atomic mass is 9.83. The van der Waals surface area contributed by atoms with E-state index in [1.165, 1.54) is 31.5 Å². The van der Waals surface area contributed by atoms with Gasteiger partial charge >= 0.3 is 0 Å². The molecule has 4 aliphatic heterocycles. The van der Waals surface area contributed by atoms with Crippen molar-refractivity contribution >= 4 is 23.3 Å². The maximum Gasteiger partial charge on any atom is 0.290 e. The number of hydrogen-bond acceptors (Lipinski definition) is 5. The first-order valence-corrected chi connectivity index (χ1v) is 10.8. The van der Waals surface area contributed by atoms with Crippen LogP contribution in [0.25, 0.3) is 10.9 Å². The first kappa shape index (κ1) is 20.8. The van der Waals surface area contributed by atoms with Crippen LogP contribution in [0.3, 0.4) is 0 Å². The summed E-state index contributed by atoms with van der Waals surface area (Å²) in [7, 11) is 1.96. The Bertz CT molecular complexity index is 884. The SMILES string of the molecule is CN(C(=O)c1n[nH]c2ccc(C3CCOCC3)cc12)[C@H]1CN2CCC1CC2.O=CO. The Morgan fingerprint density at radius 1 is 1.27 bits per heavy atom. The molecule has 1 aromatic carbocycles. The molecule has 8 heteroatoms. The Balaban J connectivity index is 0.000000687. The highest BCUT2D eigenvalue weighted by Gasteiger charge is 2.38. The molecule has 1 amide bonds. The zero-order valence-corrected chi connectivity index (χ0v) is 17.4. The van der Waals surface area contributed by atoms with Crippen molar-refractivity contribution in [2.75, 3.05) is 39.9 Å². The molecule has 162 valence electrons. The fourth-order valence-electron chi connectivity index (χ4n) is 5.17. The number of nitrogens with zero attached hydrogens (tertiary/aromatic N) is 3. The smallest absolute Gasteiger partial charge is 0.290 e. The lowest BCUT2D eigenvalue weighted by molar-refractivity contribution is -0.122. The zero-order valence-electron chi connectivity index (χ0n) is 17.4. The number of carboxylic acid groups (broad SMARTS) is 1. The third-order valence-electron chi connectivity index (χ3n) is 6.92. The van der Waals surface area contributed by atoms with Gasteiger partial charge < -0.3 is 19.6 Å². The van der Waals surface area contributed by atoms with E-state index in [0.29, 0.717) is 23.6 Å². The molecule has 5 heterocycles. The van der Waals surface area contributed by atoms with Gasteiger partial charge in [-0.2, -0.15) is 5.10 Å². The normalized spacial score (nSPS) is 26.1. The van der Waals surface area contributed by atoms with Crippen LogP contribution < -0.4 is 0 Å². The second-order valence-electron chi connectivity index (χ2n) is 8.49. The molecule has 6 rings (SSSR count). The van der Waals surface area contributed by atoms with E-state index < -0.39 is 0 Å². The second kappa shape index (κ2) is 9.14. The number of carbonyl (C=O) groups is 2. The Morgan fingerprint density at radius 3 is 2.60 bits per heavy atom. The standard InChI is InChI=1S/C21H28N4O2.CH2O2/c1-24(19-13-25-8-4-15(19)5-9-25)21(26)20-17-12-16(2-3-18(17)22-23-20)14-6-10-27-11-7-14;2-1-3/h2-3,12,14-15,19H,4-11,13H2,1H3,(H,22,23);1H,(H,2,3)/t19-;/m0./s1. The number of fused-ring (bicyclic) bond motifs is 4. The third kappa shape index (κ3) is 4.06. The van der Waals surface area contributed by atoms with Crippen LogP contribution in [-0.4, -0.2) is 83.4 Å². The molecule has 8 nitrogen and oxygen atoms in total. The summed E-state index contributed by atoms with van der Waals surface area (Å²) in [5.41, 5.74) is 2.81. The molecular weight excluding hydrogens is 384 g/mol. The average Bonchev–Trinajstić information content (AvgIpc) is 3.23. The van der Waals surface area contributed by atoms with Crippen LogP contribution in [0.5, 0.6) is 0 Å². The number of piperidine rings is 3. The first-order chi connectivity index (χ1) is 14.6. The molecule has 1 aromatic heterocycles. The molecule has 0 spiro atoms. The van der Waals surface area contributed by atoms with Gasteiger partial charge in [0.2, 0.25) is 0 Å². The van der Waals surface area contributed by atoms with Crippen molar-refractivity contribution in [1.29, 1.82) is 0 Å². The van der Waals surface area contributed by atoms with Crippen LogP contribution in [0.1, 0.15) is 47.7 Å². The number of aromatic nitrogens is 2. The van der Waals surface area contributed by atoms with Gasteiger partial charge in [0, 0.05) is 38.2 Å². The Labute approximate surface area is 176 Å². The van der Waals surface area contributed by atoms with Gasteiger partial charge in [0.05, 0.1) is 5.52 Å². The molecule has 30 heavy (non-hydrogen) atoms. The van der Waals surface area contributed by atoms with Crippen molar-refractivity contribution in [2.45, 2.75) is 37.6 Å². The van der Waals surface area contributed by atoms with Crippen LogP contribution in [0.4, 0.5) is 0 Å². The van der Waals surface area contributed by atoms with Gasteiger partial charge in [0.15, 0.2) is 5.69 Å². The summed E-state index contributed by atoms with van der Waals surface area (Å²) < 4.78 is 5.50. The van der Waals surface area contributed by atoms with Crippen molar-refractivity contribution in [3.8, 4) is 0 Å². The summed E-state index contributed by atoms with van der Waals surface area (Å²) >= 11 is 0. The number of rotatable bonds is 3. The van der Waals surface area contributed by atoms with Crippen LogP contribution in [0.15, 0.2) is 18.2 Å². The first-order valence-electron chi connectivity index (χ1n) is 10.8. The van der Waals surface area contributed by atoms with E-state index in [0.717, 1.165) is 43.5 Å². The molecule has 0 aliphatic carbocycles. The number of nitrogens with one attached hydrogen (secondary N) is 1. The van der Waals surface area contributed by atoms with E-state index in [1.807, 2.05) is 11.9 Å². The molecule has 0 saturated carbocycles. The summed E-state index contributed by atoms with van der Waals surface area (Å²) in [5.74, 6) is 1.19. The van der Waals surface area contributed by atoms with Gasteiger partial charge in [-0.3, -0.25) is 14.7 Å². The van der Waals surface area contributed by atoms with Gasteiger partial charge in [-0.25, -0.2) is 0 Å². The average molecular weight is 415 g/mol. The van der Waals surface area contributed by atoms with Gasteiger partial charge in [-0.1, -0.05) is 6.07 Å². The zero-order chi connectivity index (χ0) is 21.1. The highest BCUT2D eigenvalue weighted by atomic mass is 16.5. The summed E-state index contributed by atoms with van der Waals surface area (Å²) in [6.45, 7) is 4.76. The fraction of sp³-hybridized carbons (Fsp3) is 0.591. The molecule has 2 bridgehead atoms.